The fourth-order valence-corrected chi connectivity index (χ4v) is 12.4. The number of benzene rings is 6. The molecule has 8 rings (SSSR count). The van der Waals surface area contributed by atoms with Gasteiger partial charge in [-0.1, -0.05) is 175 Å². The molecule has 1 aromatic heterocycles. The second-order valence-electron chi connectivity index (χ2n) is 20.4. The monoisotopic (exact) mass is 994 g/mol. The van der Waals surface area contributed by atoms with E-state index in [2.05, 4.69) is 251 Å². The minimum atomic E-state index is 0.572. The van der Waals surface area contributed by atoms with Crippen molar-refractivity contribution < 1.29 is 4.58 Å². The predicted octanol–water partition coefficient (Wildman–Crippen LogP) is 20.3. The molecule has 74 heavy (non-hydrogen) atoms. The van der Waals surface area contributed by atoms with Gasteiger partial charge in [0.2, 0.25) is 17.1 Å². The van der Waals surface area contributed by atoms with Crippen molar-refractivity contribution in [2.24, 2.45) is 11.8 Å². The standard InChI is InChI=1S/C69H77N4S/c1-11-15-32-54(13-3)47-71(66-50(6)28-25-29-51(66)7)59-43-39-57(40-44-59)63(58-41-45-60(46-42-58)72(48-55(14-4)33-16-12-2)67-52(8)30-26-31-53(67)9)68-64(56-34-19-17-20-35-56)65(70-10)69(74-68)73(61-36-21-18-22-37-61)62-38-24-23-27-49(62)5/h17-31,34-46,54-55H,11-16,32-33,47-48H2,1-9H3/q+1. The quantitative estimate of drug-likeness (QED) is 0.0526. The van der Waals surface area contributed by atoms with Crippen LogP contribution in [-0.2, 0) is 0 Å². The summed E-state index contributed by atoms with van der Waals surface area (Å²) in [6.45, 7) is 31.5. The number of unbranched alkanes of at least 4 members (excludes halogenated alkanes) is 2. The van der Waals surface area contributed by atoms with E-state index in [4.69, 9.17) is 6.57 Å². The molecular weight excluding hydrogens is 917 g/mol. The molecule has 0 spiro atoms. The second-order valence-corrected chi connectivity index (χ2v) is 21.4. The van der Waals surface area contributed by atoms with Crippen LogP contribution >= 0.6 is 11.3 Å². The van der Waals surface area contributed by atoms with Gasteiger partial charge in [-0.25, -0.2) is 4.85 Å². The maximum atomic E-state index is 9.11. The normalized spacial score (nSPS) is 12.9. The van der Waals surface area contributed by atoms with E-state index in [0.717, 1.165) is 80.6 Å². The Morgan fingerprint density at radius 3 is 1.72 bits per heavy atom. The van der Waals surface area contributed by atoms with Crippen molar-refractivity contribution in [3.05, 3.63) is 225 Å². The summed E-state index contributed by atoms with van der Waals surface area (Å²) in [7, 11) is 0. The van der Waals surface area contributed by atoms with Crippen molar-refractivity contribution in [2.45, 2.75) is 114 Å². The van der Waals surface area contributed by atoms with E-state index in [-0.39, 0.29) is 0 Å². The number of rotatable bonds is 21. The second kappa shape index (κ2) is 25.3. The molecule has 0 amide bonds. The molecule has 0 saturated heterocycles. The van der Waals surface area contributed by atoms with Crippen molar-refractivity contribution in [1.29, 1.82) is 0 Å². The molecule has 1 heterocycles. The first-order chi connectivity index (χ1) is 36.1. The van der Waals surface area contributed by atoms with Gasteiger partial charge in [-0.2, -0.15) is 4.58 Å². The highest BCUT2D eigenvalue weighted by Crippen LogP contribution is 2.56. The van der Waals surface area contributed by atoms with Crippen molar-refractivity contribution in [3.8, 4) is 11.1 Å². The van der Waals surface area contributed by atoms with Crippen LogP contribution in [0.25, 0.3) is 21.5 Å². The average Bonchev–Trinajstić information content (AvgIpc) is 3.80. The summed E-state index contributed by atoms with van der Waals surface area (Å²) >= 11 is 1.72. The minimum absolute atomic E-state index is 0.572. The Labute approximate surface area is 448 Å². The topological polar surface area (TPSA) is 13.8 Å². The molecule has 0 saturated carbocycles. The summed E-state index contributed by atoms with van der Waals surface area (Å²) in [6, 6.07) is 52.5. The summed E-state index contributed by atoms with van der Waals surface area (Å²) in [5.41, 5.74) is 19.3. The molecular formula is C69H77N4S+. The lowest BCUT2D eigenvalue weighted by Gasteiger charge is -2.32. The van der Waals surface area contributed by atoms with Gasteiger partial charge in [-0.3, -0.25) is 0 Å². The van der Waals surface area contributed by atoms with E-state index < -0.39 is 0 Å². The third-order valence-corrected chi connectivity index (χ3v) is 16.3. The number of hydrogen-bond acceptors (Lipinski definition) is 3. The number of nitrogens with zero attached hydrogens (tertiary/aromatic N) is 4. The Bertz CT molecular complexity index is 3120. The highest BCUT2D eigenvalue weighted by atomic mass is 32.1. The highest BCUT2D eigenvalue weighted by molar-refractivity contribution is 7.18. The van der Waals surface area contributed by atoms with Crippen LogP contribution in [0.3, 0.4) is 0 Å². The number of hydrogen-bond donors (Lipinski definition) is 0. The van der Waals surface area contributed by atoms with Crippen molar-refractivity contribution in [1.82, 2.24) is 0 Å². The van der Waals surface area contributed by atoms with Gasteiger partial charge in [0.05, 0.1) is 6.57 Å². The molecule has 1 aliphatic carbocycles. The van der Waals surface area contributed by atoms with Crippen molar-refractivity contribution in [2.75, 3.05) is 22.9 Å². The summed E-state index contributed by atoms with van der Waals surface area (Å²) < 4.78 is 2.59. The summed E-state index contributed by atoms with van der Waals surface area (Å²) in [5.74, 6) is 1.14. The van der Waals surface area contributed by atoms with Crippen LogP contribution in [0.4, 0.5) is 39.1 Å². The van der Waals surface area contributed by atoms with E-state index >= 15 is 0 Å². The Balaban J connectivity index is 1.40. The highest BCUT2D eigenvalue weighted by Gasteiger charge is 2.31. The Kier molecular flexibility index (Phi) is 18.2. The molecule has 2 unspecified atom stereocenters. The lowest BCUT2D eigenvalue weighted by molar-refractivity contribution is -0.449. The maximum absolute atomic E-state index is 9.11. The Morgan fingerprint density at radius 2 is 1.14 bits per heavy atom. The molecule has 7 aromatic rings. The smallest absolute Gasteiger partial charge is 0.229 e. The van der Waals surface area contributed by atoms with Gasteiger partial charge < -0.3 is 9.80 Å². The first-order valence-corrected chi connectivity index (χ1v) is 28.2. The van der Waals surface area contributed by atoms with Crippen LogP contribution in [0.15, 0.2) is 175 Å². The minimum Gasteiger partial charge on any atom is -0.341 e. The van der Waals surface area contributed by atoms with Gasteiger partial charge in [0.15, 0.2) is 6.54 Å². The zero-order valence-corrected chi connectivity index (χ0v) is 46.4. The van der Waals surface area contributed by atoms with Gasteiger partial charge in [0, 0.05) is 74.5 Å². The fourth-order valence-electron chi connectivity index (χ4n) is 11.0. The third-order valence-electron chi connectivity index (χ3n) is 15.2. The molecule has 0 bridgehead atoms. The van der Waals surface area contributed by atoms with Crippen molar-refractivity contribution >= 4 is 61.7 Å². The van der Waals surface area contributed by atoms with E-state index in [1.54, 1.807) is 11.3 Å². The van der Waals surface area contributed by atoms with E-state index in [0.29, 0.717) is 17.5 Å². The number of allylic oxidation sites excluding steroid dienone is 5. The molecule has 378 valence electrons. The van der Waals surface area contributed by atoms with Crippen LogP contribution in [0, 0.1) is 53.0 Å². The molecule has 2 atom stereocenters. The molecule has 6 aromatic carbocycles. The predicted molar refractivity (Wildman–Crippen MR) is 321 cm³/mol. The number of thiophene rings is 1. The van der Waals surface area contributed by atoms with Gasteiger partial charge in [-0.15, -0.1) is 11.3 Å². The Hall–Kier alpha value is -7.00. The Morgan fingerprint density at radius 1 is 0.581 bits per heavy atom. The average molecular weight is 994 g/mol. The maximum Gasteiger partial charge on any atom is 0.229 e. The molecule has 0 N–H and O–H groups in total. The van der Waals surface area contributed by atoms with E-state index in [9.17, 15) is 0 Å². The number of aryl methyl sites for hydroxylation is 5. The number of para-hydroxylation sites is 4. The van der Waals surface area contributed by atoms with Gasteiger partial charge in [0.1, 0.15) is 5.00 Å². The summed E-state index contributed by atoms with van der Waals surface area (Å²) in [6.07, 6.45) is 19.0. The molecule has 4 nitrogen and oxygen atoms in total. The van der Waals surface area contributed by atoms with Crippen LogP contribution in [0.1, 0.15) is 117 Å². The van der Waals surface area contributed by atoms with Crippen LogP contribution in [0.2, 0.25) is 0 Å². The molecule has 0 aliphatic heterocycles. The fraction of sp³-hybridized carbons (Fsp3) is 0.304. The summed E-state index contributed by atoms with van der Waals surface area (Å²) in [5, 5.41) is 0.901. The summed E-state index contributed by atoms with van der Waals surface area (Å²) in [4.78, 5) is 10.5. The largest absolute Gasteiger partial charge is 0.341 e. The lowest BCUT2D eigenvalue weighted by Crippen LogP contribution is -2.26. The molecule has 1 aliphatic rings. The number of anilines is 5. The van der Waals surface area contributed by atoms with Crippen LogP contribution in [-0.4, -0.2) is 23.4 Å². The van der Waals surface area contributed by atoms with Crippen molar-refractivity contribution in [3.63, 3.8) is 0 Å². The van der Waals surface area contributed by atoms with Crippen LogP contribution in [0.5, 0.6) is 0 Å². The lowest BCUT2D eigenvalue weighted by atomic mass is 9.90. The van der Waals surface area contributed by atoms with E-state index in [1.807, 2.05) is 0 Å². The molecule has 0 radical (unpaired) electrons. The SMILES string of the molecule is [C-]#[N+]c1c(N(c2ccccc2)c2ccccc2C)sc(C(=C2C=CC(=[N+](CC(CC)CCCC)c3c(C)cccc3C)C=C2)c2ccc(N(CC(CC)CCCC)c3c(C)cccc3C)cc2)c1-c1ccccc1. The first-order valence-electron chi connectivity index (χ1n) is 27.4. The van der Waals surface area contributed by atoms with E-state index in [1.165, 1.54) is 83.6 Å². The molecule has 0 fully saturated rings. The van der Waals surface area contributed by atoms with Gasteiger partial charge in [-0.05, 0) is 136 Å². The first kappa shape index (κ1) is 53.3. The molecule has 5 heteroatoms. The van der Waals surface area contributed by atoms with Gasteiger partial charge in [0.25, 0.3) is 0 Å². The van der Waals surface area contributed by atoms with Crippen LogP contribution < -0.4 is 9.80 Å². The third kappa shape index (κ3) is 11.8. The van der Waals surface area contributed by atoms with Gasteiger partial charge >= 0.3 is 0 Å². The zero-order valence-electron chi connectivity index (χ0n) is 45.6. The zero-order chi connectivity index (χ0) is 52.1.